The number of fused-ring (bicyclic) bond motifs is 3. The lowest BCUT2D eigenvalue weighted by atomic mass is 10.0. The summed E-state index contributed by atoms with van der Waals surface area (Å²) in [5, 5.41) is 0. The summed E-state index contributed by atoms with van der Waals surface area (Å²) >= 11 is 0. The summed E-state index contributed by atoms with van der Waals surface area (Å²) in [5.41, 5.74) is 3.13. The van der Waals surface area contributed by atoms with Gasteiger partial charge in [-0.1, -0.05) is 12.1 Å². The molecule has 6 nitrogen and oxygen atoms in total. The predicted octanol–water partition coefficient (Wildman–Crippen LogP) is 2.47. The Morgan fingerprint density at radius 3 is 2.64 bits per heavy atom. The summed E-state index contributed by atoms with van der Waals surface area (Å²) in [6.45, 7) is 5.29. The second-order valence-corrected chi connectivity index (χ2v) is 6.78. The van der Waals surface area contributed by atoms with E-state index in [0.717, 1.165) is 67.9 Å². The van der Waals surface area contributed by atoms with Crippen molar-refractivity contribution in [3.8, 4) is 17.0 Å². The molecule has 1 aromatic carbocycles. The molecule has 2 aromatic rings. The van der Waals surface area contributed by atoms with Crippen LogP contribution in [-0.2, 0) is 4.74 Å². The molecule has 0 radical (unpaired) electrons. The van der Waals surface area contributed by atoms with E-state index in [0.29, 0.717) is 0 Å². The van der Waals surface area contributed by atoms with Gasteiger partial charge in [0.25, 0.3) is 0 Å². The number of aromatic nitrogens is 2. The molecule has 4 heterocycles. The van der Waals surface area contributed by atoms with Crippen LogP contribution >= 0.6 is 0 Å². The highest BCUT2D eigenvalue weighted by molar-refractivity contribution is 5.73. The van der Waals surface area contributed by atoms with Crippen molar-refractivity contribution in [2.45, 2.75) is 19.1 Å². The van der Waals surface area contributed by atoms with Gasteiger partial charge in [0.2, 0.25) is 5.95 Å². The van der Waals surface area contributed by atoms with Crippen LogP contribution in [0.5, 0.6) is 5.75 Å². The zero-order chi connectivity index (χ0) is 16.6. The van der Waals surface area contributed by atoms with Crippen LogP contribution in [0, 0.1) is 0 Å². The molecule has 3 aliphatic rings. The summed E-state index contributed by atoms with van der Waals surface area (Å²) in [6.07, 6.45) is 4.26. The van der Waals surface area contributed by atoms with Crippen molar-refractivity contribution in [1.82, 2.24) is 14.9 Å². The smallest absolute Gasteiger partial charge is 0.225 e. The minimum Gasteiger partial charge on any atom is -0.470 e. The average molecular weight is 338 g/mol. The van der Waals surface area contributed by atoms with Gasteiger partial charge in [0, 0.05) is 37.9 Å². The molecular formula is C19H22N4O2. The van der Waals surface area contributed by atoms with E-state index in [1.54, 1.807) is 0 Å². The first-order chi connectivity index (χ1) is 12.4. The number of nitrogens with zero attached hydrogens (tertiary/aromatic N) is 4. The minimum absolute atomic E-state index is 0.138. The van der Waals surface area contributed by atoms with E-state index in [1.807, 2.05) is 24.4 Å². The zero-order valence-corrected chi connectivity index (χ0v) is 14.2. The molecule has 0 N–H and O–H groups in total. The summed E-state index contributed by atoms with van der Waals surface area (Å²) in [5.74, 6) is 1.74. The molecule has 3 aliphatic heterocycles. The van der Waals surface area contributed by atoms with E-state index in [-0.39, 0.29) is 6.23 Å². The van der Waals surface area contributed by atoms with Crippen LogP contribution in [0.25, 0.3) is 11.3 Å². The number of morpholine rings is 1. The van der Waals surface area contributed by atoms with Crippen LogP contribution in [0.2, 0.25) is 0 Å². The van der Waals surface area contributed by atoms with Gasteiger partial charge in [-0.15, -0.1) is 0 Å². The van der Waals surface area contributed by atoms with Crippen LogP contribution in [0.3, 0.4) is 0 Å². The average Bonchev–Trinajstić information content (AvgIpc) is 3.22. The molecule has 25 heavy (non-hydrogen) atoms. The molecule has 0 bridgehead atoms. The maximum absolute atomic E-state index is 6.34. The Bertz CT molecular complexity index is 770. The van der Waals surface area contributed by atoms with Crippen molar-refractivity contribution >= 4 is 5.95 Å². The monoisotopic (exact) mass is 338 g/mol. The lowest BCUT2D eigenvalue weighted by Crippen LogP contribution is -2.42. The third-order valence-corrected chi connectivity index (χ3v) is 5.22. The van der Waals surface area contributed by atoms with E-state index >= 15 is 0 Å². The molecular weight excluding hydrogens is 316 g/mol. The fourth-order valence-electron chi connectivity index (χ4n) is 3.88. The quantitative estimate of drug-likeness (QED) is 0.838. The minimum atomic E-state index is -0.138. The SMILES string of the molecule is c1ccc2c(c1)OC(N1CCOCC1)c1cnc(N3CCCC3)nc1-2. The fraction of sp³-hybridized carbons (Fsp3) is 0.474. The van der Waals surface area contributed by atoms with Gasteiger partial charge in [-0.25, -0.2) is 9.97 Å². The van der Waals surface area contributed by atoms with Gasteiger partial charge < -0.3 is 14.4 Å². The summed E-state index contributed by atoms with van der Waals surface area (Å²) in [6, 6.07) is 8.18. The van der Waals surface area contributed by atoms with E-state index in [9.17, 15) is 0 Å². The second-order valence-electron chi connectivity index (χ2n) is 6.78. The van der Waals surface area contributed by atoms with Gasteiger partial charge in [0.1, 0.15) is 5.75 Å². The lowest BCUT2D eigenvalue weighted by Gasteiger charge is -2.37. The second kappa shape index (κ2) is 6.28. The molecule has 0 amide bonds. The molecule has 6 heteroatoms. The first kappa shape index (κ1) is 15.1. The van der Waals surface area contributed by atoms with E-state index < -0.39 is 0 Å². The molecule has 0 aliphatic carbocycles. The number of hydrogen-bond acceptors (Lipinski definition) is 6. The first-order valence-corrected chi connectivity index (χ1v) is 9.10. The first-order valence-electron chi connectivity index (χ1n) is 9.10. The van der Waals surface area contributed by atoms with Gasteiger partial charge in [-0.3, -0.25) is 4.90 Å². The highest BCUT2D eigenvalue weighted by atomic mass is 16.5. The number of rotatable bonds is 2. The van der Waals surface area contributed by atoms with Crippen molar-refractivity contribution < 1.29 is 9.47 Å². The van der Waals surface area contributed by atoms with Crippen molar-refractivity contribution in [3.05, 3.63) is 36.0 Å². The standard InChI is InChI=1S/C19H22N4O2/c1-2-6-16-14(5-1)17-15(18(25-16)22-9-11-24-12-10-22)13-20-19(21-17)23-7-3-4-8-23/h1-2,5-6,13,18H,3-4,7-12H2. The van der Waals surface area contributed by atoms with Crippen LogP contribution < -0.4 is 9.64 Å². The van der Waals surface area contributed by atoms with Crippen LogP contribution in [0.4, 0.5) is 5.95 Å². The summed E-state index contributed by atoms with van der Waals surface area (Å²) in [7, 11) is 0. The maximum atomic E-state index is 6.34. The molecule has 0 spiro atoms. The van der Waals surface area contributed by atoms with Crippen LogP contribution in [0.1, 0.15) is 24.6 Å². The van der Waals surface area contributed by atoms with E-state index in [4.69, 9.17) is 14.5 Å². The Labute approximate surface area is 147 Å². The van der Waals surface area contributed by atoms with Gasteiger partial charge in [0.15, 0.2) is 6.23 Å². The molecule has 1 atom stereocenters. The molecule has 5 rings (SSSR count). The van der Waals surface area contributed by atoms with Crippen molar-refractivity contribution in [2.24, 2.45) is 0 Å². The van der Waals surface area contributed by atoms with Gasteiger partial charge >= 0.3 is 0 Å². The Kier molecular flexibility index (Phi) is 3.79. The van der Waals surface area contributed by atoms with Crippen LogP contribution in [-0.4, -0.2) is 54.3 Å². The lowest BCUT2D eigenvalue weighted by molar-refractivity contribution is -0.0487. The summed E-state index contributed by atoms with van der Waals surface area (Å²) < 4.78 is 11.8. The van der Waals surface area contributed by atoms with Gasteiger partial charge in [-0.05, 0) is 25.0 Å². The van der Waals surface area contributed by atoms with E-state index in [2.05, 4.69) is 20.9 Å². The zero-order valence-electron chi connectivity index (χ0n) is 14.2. The van der Waals surface area contributed by atoms with Crippen molar-refractivity contribution in [2.75, 3.05) is 44.3 Å². The Morgan fingerprint density at radius 1 is 1.00 bits per heavy atom. The third-order valence-electron chi connectivity index (χ3n) is 5.22. The molecule has 1 unspecified atom stereocenters. The fourth-order valence-corrected chi connectivity index (χ4v) is 3.88. The number of ether oxygens (including phenoxy) is 2. The van der Waals surface area contributed by atoms with Crippen molar-refractivity contribution in [3.63, 3.8) is 0 Å². The number of benzene rings is 1. The molecule has 1 aromatic heterocycles. The molecule has 2 fully saturated rings. The topological polar surface area (TPSA) is 50.7 Å². The number of anilines is 1. The predicted molar refractivity (Wildman–Crippen MR) is 94.7 cm³/mol. The van der Waals surface area contributed by atoms with E-state index in [1.165, 1.54) is 12.8 Å². The normalized spacial score (nSPS) is 23.0. The Balaban J connectivity index is 1.58. The Morgan fingerprint density at radius 2 is 1.80 bits per heavy atom. The Hall–Kier alpha value is -2.18. The highest BCUT2D eigenvalue weighted by Crippen LogP contribution is 2.42. The maximum Gasteiger partial charge on any atom is 0.225 e. The number of para-hydroxylation sites is 1. The van der Waals surface area contributed by atoms with Crippen LogP contribution in [0.15, 0.2) is 30.5 Å². The largest absolute Gasteiger partial charge is 0.470 e. The highest BCUT2D eigenvalue weighted by Gasteiger charge is 2.33. The molecule has 130 valence electrons. The summed E-state index contributed by atoms with van der Waals surface area (Å²) in [4.78, 5) is 14.2. The third kappa shape index (κ3) is 2.65. The molecule has 2 saturated heterocycles. The van der Waals surface area contributed by atoms with Crippen molar-refractivity contribution in [1.29, 1.82) is 0 Å². The van der Waals surface area contributed by atoms with Gasteiger partial charge in [-0.2, -0.15) is 0 Å². The number of hydrogen-bond donors (Lipinski definition) is 0. The van der Waals surface area contributed by atoms with Gasteiger partial charge in [0.05, 0.1) is 24.5 Å². The molecule has 0 saturated carbocycles.